The number of hydrogen-bond acceptors (Lipinski definition) is 3. The number of nitrogens with zero attached hydrogens (tertiary/aromatic N) is 3. The van der Waals surface area contributed by atoms with Crippen LogP contribution in [-0.4, -0.2) is 0 Å². The molecule has 10 rings (SSSR count). The maximum atomic E-state index is 4.60. The Labute approximate surface area is 413 Å². The molecule has 0 unspecified atom stereocenters. The highest BCUT2D eigenvalue weighted by Crippen LogP contribution is 2.38. The van der Waals surface area contributed by atoms with Crippen LogP contribution >= 0.6 is 0 Å². The Morgan fingerprint density at radius 3 is 0.971 bits per heavy atom. The predicted octanol–water partition coefficient (Wildman–Crippen LogP) is 18.9. The zero-order valence-electron chi connectivity index (χ0n) is 39.3. The van der Waals surface area contributed by atoms with E-state index in [1.807, 2.05) is 6.07 Å². The average molecular weight is 900 g/mol. The van der Waals surface area contributed by atoms with Gasteiger partial charge in [0, 0.05) is 51.2 Å². The van der Waals surface area contributed by atoms with Gasteiger partial charge in [0.15, 0.2) is 0 Å². The van der Waals surface area contributed by atoms with Crippen LogP contribution in [0.4, 0.5) is 45.5 Å². The van der Waals surface area contributed by atoms with Gasteiger partial charge in [-0.1, -0.05) is 189 Å². The molecule has 0 aromatic heterocycles. The fourth-order valence-corrected chi connectivity index (χ4v) is 9.02. The molecule has 3 heteroatoms. The summed E-state index contributed by atoms with van der Waals surface area (Å²) in [6.45, 7) is 6.69. The van der Waals surface area contributed by atoms with Gasteiger partial charge < -0.3 is 14.7 Å². The van der Waals surface area contributed by atoms with Crippen LogP contribution in [0.3, 0.4) is 0 Å². The van der Waals surface area contributed by atoms with Crippen molar-refractivity contribution in [2.75, 3.05) is 14.7 Å². The molecule has 336 valence electrons. The number of allylic oxidation sites excluding steroid dienone is 4. The van der Waals surface area contributed by atoms with Gasteiger partial charge >= 0.3 is 0 Å². The molecule has 0 aliphatic heterocycles. The maximum absolute atomic E-state index is 4.60. The van der Waals surface area contributed by atoms with E-state index in [9.17, 15) is 0 Å². The number of anilines is 8. The Balaban J connectivity index is 0.844. The van der Waals surface area contributed by atoms with Crippen LogP contribution in [0.15, 0.2) is 303 Å². The van der Waals surface area contributed by atoms with Gasteiger partial charge in [0.05, 0.1) is 0 Å². The lowest BCUT2D eigenvalue weighted by molar-refractivity contribution is 1.22. The van der Waals surface area contributed by atoms with E-state index in [0.717, 1.165) is 73.5 Å². The lowest BCUT2D eigenvalue weighted by atomic mass is 9.98. The van der Waals surface area contributed by atoms with E-state index < -0.39 is 0 Å². The Morgan fingerprint density at radius 1 is 0.300 bits per heavy atom. The lowest BCUT2D eigenvalue weighted by Gasteiger charge is -2.26. The molecule has 0 N–H and O–H groups in total. The molecular formula is C67H53N3. The molecule has 3 nitrogen and oxygen atoms in total. The summed E-state index contributed by atoms with van der Waals surface area (Å²) in [6.07, 6.45) is 6.43. The maximum Gasteiger partial charge on any atom is 0.0462 e. The minimum absolute atomic E-state index is 0.860. The van der Waals surface area contributed by atoms with Gasteiger partial charge in [-0.15, -0.1) is 0 Å². The molecule has 70 heavy (non-hydrogen) atoms. The standard InChI is InChI=1S/C67H53N3/c1-3-52(53-34-36-54(37-35-53)55-38-46-66(47-39-55)69(61-24-11-5-12-25-61)62-26-13-6-14-27-62)33-32-51(2)68(60-22-9-4-10-23-60)65-44-40-56(41-45-65)58-20-19-21-59(50-58)57-42-48-67(49-43-57)70(63-28-15-7-16-29-63)64-30-17-8-18-31-64/h3-50H,2H2,1H3/b33-32-,52-3+. The summed E-state index contributed by atoms with van der Waals surface area (Å²) in [5.41, 5.74) is 18.9. The van der Waals surface area contributed by atoms with Crippen LogP contribution < -0.4 is 14.7 Å². The summed E-state index contributed by atoms with van der Waals surface area (Å²) in [7, 11) is 0. The quantitative estimate of drug-likeness (QED) is 0.0949. The first-order valence-corrected chi connectivity index (χ1v) is 23.8. The van der Waals surface area contributed by atoms with Crippen molar-refractivity contribution in [1.29, 1.82) is 0 Å². The van der Waals surface area contributed by atoms with Gasteiger partial charge in [-0.3, -0.25) is 0 Å². The molecule has 0 radical (unpaired) electrons. The van der Waals surface area contributed by atoms with Gasteiger partial charge in [-0.05, 0) is 161 Å². The number of hydrogen-bond donors (Lipinski definition) is 0. The fraction of sp³-hybridized carbons (Fsp3) is 0.0149. The fourth-order valence-electron chi connectivity index (χ4n) is 9.02. The van der Waals surface area contributed by atoms with E-state index in [0.29, 0.717) is 0 Å². The second kappa shape index (κ2) is 21.2. The molecule has 0 amide bonds. The Bertz CT molecular complexity index is 3250. The highest BCUT2D eigenvalue weighted by molar-refractivity contribution is 5.83. The van der Waals surface area contributed by atoms with Crippen LogP contribution in [-0.2, 0) is 0 Å². The van der Waals surface area contributed by atoms with E-state index >= 15 is 0 Å². The van der Waals surface area contributed by atoms with Crippen molar-refractivity contribution in [2.45, 2.75) is 6.92 Å². The topological polar surface area (TPSA) is 9.72 Å². The second-order valence-corrected chi connectivity index (χ2v) is 17.1. The van der Waals surface area contributed by atoms with Crippen molar-refractivity contribution < 1.29 is 0 Å². The third kappa shape index (κ3) is 10.1. The first-order valence-electron chi connectivity index (χ1n) is 23.8. The monoisotopic (exact) mass is 899 g/mol. The zero-order chi connectivity index (χ0) is 47.5. The van der Waals surface area contributed by atoms with Crippen molar-refractivity contribution >= 4 is 51.1 Å². The van der Waals surface area contributed by atoms with Crippen LogP contribution in [0, 0.1) is 0 Å². The number of para-hydroxylation sites is 5. The summed E-state index contributed by atoms with van der Waals surface area (Å²) in [4.78, 5) is 6.78. The Morgan fingerprint density at radius 2 is 0.600 bits per heavy atom. The van der Waals surface area contributed by atoms with Crippen LogP contribution in [0.5, 0.6) is 0 Å². The van der Waals surface area contributed by atoms with E-state index in [4.69, 9.17) is 0 Å². The lowest BCUT2D eigenvalue weighted by Crippen LogP contribution is -2.14. The number of rotatable bonds is 15. The molecule has 10 aromatic carbocycles. The van der Waals surface area contributed by atoms with Gasteiger partial charge in [-0.25, -0.2) is 0 Å². The molecule has 0 bridgehead atoms. The molecule has 0 fully saturated rings. The van der Waals surface area contributed by atoms with Crippen molar-refractivity contribution in [3.05, 3.63) is 309 Å². The average Bonchev–Trinajstić information content (AvgIpc) is 3.44. The SMILES string of the molecule is C=C(/C=C\C(=C/C)c1ccc(-c2ccc(N(c3ccccc3)c3ccccc3)cc2)cc1)N(c1ccccc1)c1ccc(-c2cccc(-c3ccc(N(c4ccccc4)c4ccccc4)cc3)c2)cc1. The summed E-state index contributed by atoms with van der Waals surface area (Å²) >= 11 is 0. The van der Waals surface area contributed by atoms with E-state index in [-0.39, 0.29) is 0 Å². The van der Waals surface area contributed by atoms with Gasteiger partial charge in [0.1, 0.15) is 0 Å². The van der Waals surface area contributed by atoms with E-state index in [1.165, 1.54) is 22.3 Å². The van der Waals surface area contributed by atoms with Crippen molar-refractivity contribution in [1.82, 2.24) is 0 Å². The highest BCUT2D eigenvalue weighted by atomic mass is 15.2. The molecule has 0 saturated heterocycles. The molecule has 0 heterocycles. The van der Waals surface area contributed by atoms with E-state index in [1.54, 1.807) is 0 Å². The highest BCUT2D eigenvalue weighted by Gasteiger charge is 2.16. The van der Waals surface area contributed by atoms with Crippen molar-refractivity contribution in [3.63, 3.8) is 0 Å². The smallest absolute Gasteiger partial charge is 0.0462 e. The summed E-state index contributed by atoms with van der Waals surface area (Å²) in [5.74, 6) is 0. The summed E-state index contributed by atoms with van der Waals surface area (Å²) < 4.78 is 0. The third-order valence-corrected chi connectivity index (χ3v) is 12.6. The van der Waals surface area contributed by atoms with Crippen molar-refractivity contribution in [3.8, 4) is 33.4 Å². The van der Waals surface area contributed by atoms with Crippen LogP contribution in [0.2, 0.25) is 0 Å². The molecule has 0 aliphatic carbocycles. The normalized spacial score (nSPS) is 11.3. The molecule has 0 atom stereocenters. The van der Waals surface area contributed by atoms with Gasteiger partial charge in [0.25, 0.3) is 0 Å². The van der Waals surface area contributed by atoms with Gasteiger partial charge in [0.2, 0.25) is 0 Å². The molecule has 0 aliphatic rings. The van der Waals surface area contributed by atoms with Crippen LogP contribution in [0.25, 0.3) is 39.0 Å². The first-order chi connectivity index (χ1) is 34.6. The minimum Gasteiger partial charge on any atom is -0.311 e. The van der Waals surface area contributed by atoms with Gasteiger partial charge in [-0.2, -0.15) is 0 Å². The summed E-state index contributed by atoms with van der Waals surface area (Å²) in [5, 5.41) is 0. The molecule has 10 aromatic rings. The molecule has 0 spiro atoms. The van der Waals surface area contributed by atoms with E-state index in [2.05, 4.69) is 313 Å². The Hall–Kier alpha value is -9.18. The predicted molar refractivity (Wildman–Crippen MR) is 299 cm³/mol. The first kappa shape index (κ1) is 44.6. The largest absolute Gasteiger partial charge is 0.311 e. The van der Waals surface area contributed by atoms with Crippen LogP contribution in [0.1, 0.15) is 12.5 Å². The molecule has 0 saturated carbocycles. The third-order valence-electron chi connectivity index (χ3n) is 12.6. The number of benzene rings is 10. The second-order valence-electron chi connectivity index (χ2n) is 17.1. The Kier molecular flexibility index (Phi) is 13.5. The summed E-state index contributed by atoms with van der Waals surface area (Å²) in [6, 6.07) is 96.6. The zero-order valence-corrected chi connectivity index (χ0v) is 39.3. The van der Waals surface area contributed by atoms with Crippen molar-refractivity contribution in [2.24, 2.45) is 0 Å². The molecular weight excluding hydrogens is 847 g/mol. The minimum atomic E-state index is 0.860.